The molecule has 2 aromatic heterocycles. The number of H-pyrrole nitrogens is 1. The third kappa shape index (κ3) is 3.22. The third-order valence-electron chi connectivity index (χ3n) is 4.74. The number of aryl methyl sites for hydroxylation is 2. The number of carbonyl (C=O) groups excluding carboxylic acids is 1. The smallest absolute Gasteiger partial charge is 0.269 e. The van der Waals surface area contributed by atoms with Gasteiger partial charge in [-0.2, -0.15) is 22.0 Å². The number of rotatable bonds is 5. The zero-order valence-corrected chi connectivity index (χ0v) is 15.5. The minimum absolute atomic E-state index is 0.0680. The lowest BCUT2D eigenvalue weighted by Gasteiger charge is -2.19. The second-order valence-corrected chi connectivity index (χ2v) is 7.86. The Morgan fingerprint density at radius 3 is 2.92 bits per heavy atom. The highest BCUT2D eigenvalue weighted by molar-refractivity contribution is 7.99. The molecule has 0 aliphatic heterocycles. The number of aromatic nitrogens is 4. The molecule has 1 amide bonds. The van der Waals surface area contributed by atoms with Gasteiger partial charge in [-0.25, -0.2) is 0 Å². The molecule has 6 nitrogen and oxygen atoms in total. The molecule has 1 aliphatic rings. The summed E-state index contributed by atoms with van der Waals surface area (Å²) in [5.41, 5.74) is 4.24. The van der Waals surface area contributed by atoms with Crippen molar-refractivity contribution in [3.8, 4) is 11.3 Å². The third-order valence-corrected chi connectivity index (χ3v) is 6.06. The Balaban J connectivity index is 1.74. The number of thioether (sulfide) groups is 1. The van der Waals surface area contributed by atoms with Crippen LogP contribution >= 0.6 is 11.8 Å². The van der Waals surface area contributed by atoms with Crippen LogP contribution in [0.1, 0.15) is 48.1 Å². The Hall–Kier alpha value is -1.76. The van der Waals surface area contributed by atoms with E-state index in [0.29, 0.717) is 10.9 Å². The van der Waals surface area contributed by atoms with Crippen molar-refractivity contribution >= 4 is 17.7 Å². The topological polar surface area (TPSA) is 75.6 Å². The summed E-state index contributed by atoms with van der Waals surface area (Å²) in [5.74, 6) is 1.02. The van der Waals surface area contributed by atoms with Crippen molar-refractivity contribution in [1.29, 1.82) is 0 Å². The highest BCUT2D eigenvalue weighted by atomic mass is 32.2. The SMILES string of the molecule is CCSC1CCCC1NC(=O)c1cc(-c2c(C)nn(C)c2C)n[nH]1. The maximum Gasteiger partial charge on any atom is 0.269 e. The predicted octanol–water partition coefficient (Wildman–Crippen LogP) is 2.83. The fourth-order valence-corrected chi connectivity index (χ4v) is 4.66. The molecule has 0 bridgehead atoms. The number of hydrogen-bond donors (Lipinski definition) is 2. The second kappa shape index (κ2) is 7.01. The average molecular weight is 347 g/mol. The van der Waals surface area contributed by atoms with E-state index >= 15 is 0 Å². The van der Waals surface area contributed by atoms with Gasteiger partial charge in [-0.3, -0.25) is 14.6 Å². The number of aromatic amines is 1. The van der Waals surface area contributed by atoms with Crippen molar-refractivity contribution < 1.29 is 4.79 Å². The minimum atomic E-state index is -0.0680. The van der Waals surface area contributed by atoms with Gasteiger partial charge in [-0.1, -0.05) is 13.3 Å². The Kier molecular flexibility index (Phi) is 4.99. The molecule has 1 fully saturated rings. The van der Waals surface area contributed by atoms with Gasteiger partial charge in [0.15, 0.2) is 0 Å². The molecule has 2 N–H and O–H groups in total. The first-order valence-electron chi connectivity index (χ1n) is 8.49. The zero-order chi connectivity index (χ0) is 17.3. The van der Waals surface area contributed by atoms with Crippen molar-refractivity contribution in [3.63, 3.8) is 0 Å². The van der Waals surface area contributed by atoms with E-state index in [1.807, 2.05) is 43.4 Å². The van der Waals surface area contributed by atoms with Crippen molar-refractivity contribution in [2.45, 2.75) is 51.3 Å². The molecule has 0 spiro atoms. The van der Waals surface area contributed by atoms with Crippen molar-refractivity contribution in [3.05, 3.63) is 23.1 Å². The maximum atomic E-state index is 12.6. The lowest BCUT2D eigenvalue weighted by Crippen LogP contribution is -2.39. The van der Waals surface area contributed by atoms with Crippen LogP contribution < -0.4 is 5.32 Å². The van der Waals surface area contributed by atoms with Crippen LogP contribution in [0.25, 0.3) is 11.3 Å². The molecule has 1 saturated carbocycles. The molecule has 1 aliphatic carbocycles. The molecule has 0 radical (unpaired) electrons. The van der Waals surface area contributed by atoms with Crippen molar-refractivity contribution in [1.82, 2.24) is 25.3 Å². The van der Waals surface area contributed by atoms with E-state index in [-0.39, 0.29) is 11.9 Å². The van der Waals surface area contributed by atoms with E-state index in [9.17, 15) is 4.79 Å². The van der Waals surface area contributed by atoms with Crippen molar-refractivity contribution in [2.75, 3.05) is 5.75 Å². The van der Waals surface area contributed by atoms with Crippen LogP contribution in [0.4, 0.5) is 0 Å². The molecule has 2 aromatic rings. The molecule has 0 aromatic carbocycles. The summed E-state index contributed by atoms with van der Waals surface area (Å²) in [6.45, 7) is 6.14. The van der Waals surface area contributed by atoms with Crippen LogP contribution in [-0.2, 0) is 7.05 Å². The Morgan fingerprint density at radius 1 is 1.46 bits per heavy atom. The first-order valence-corrected chi connectivity index (χ1v) is 9.54. The molecule has 2 heterocycles. The lowest BCUT2D eigenvalue weighted by molar-refractivity contribution is 0.0933. The van der Waals surface area contributed by atoms with Gasteiger partial charge >= 0.3 is 0 Å². The monoisotopic (exact) mass is 347 g/mol. The van der Waals surface area contributed by atoms with Crippen LogP contribution in [0.5, 0.6) is 0 Å². The highest BCUT2D eigenvalue weighted by Gasteiger charge is 2.29. The largest absolute Gasteiger partial charge is 0.347 e. The molecule has 3 rings (SSSR count). The molecule has 130 valence electrons. The Morgan fingerprint density at radius 2 is 2.25 bits per heavy atom. The first-order chi connectivity index (χ1) is 11.5. The second-order valence-electron chi connectivity index (χ2n) is 6.34. The summed E-state index contributed by atoms with van der Waals surface area (Å²) in [5, 5.41) is 15.3. The maximum absolute atomic E-state index is 12.6. The van der Waals surface area contributed by atoms with Gasteiger partial charge in [0.1, 0.15) is 5.69 Å². The first kappa shape index (κ1) is 17.1. The molecule has 0 saturated heterocycles. The highest BCUT2D eigenvalue weighted by Crippen LogP contribution is 2.30. The van der Waals surface area contributed by atoms with Gasteiger partial charge in [0.25, 0.3) is 5.91 Å². The average Bonchev–Trinajstić information content (AvgIpc) is 3.22. The molecule has 2 unspecified atom stereocenters. The summed E-state index contributed by atoms with van der Waals surface area (Å²) in [7, 11) is 1.91. The number of carbonyl (C=O) groups is 1. The van der Waals surface area contributed by atoms with E-state index in [1.54, 1.807) is 0 Å². The van der Waals surface area contributed by atoms with E-state index in [2.05, 4.69) is 27.5 Å². The van der Waals surface area contributed by atoms with Crippen LogP contribution in [-0.4, -0.2) is 42.9 Å². The standard InChI is InChI=1S/C17H25N5OS/c1-5-24-15-8-6-7-12(15)18-17(23)14-9-13(19-20-14)16-10(2)21-22(4)11(16)3/h9,12,15H,5-8H2,1-4H3,(H,18,23)(H,19,20). The van der Waals surface area contributed by atoms with Gasteiger partial charge in [-0.15, -0.1) is 0 Å². The predicted molar refractivity (Wildman–Crippen MR) is 97.3 cm³/mol. The quantitative estimate of drug-likeness (QED) is 0.872. The summed E-state index contributed by atoms with van der Waals surface area (Å²) in [4.78, 5) is 12.6. The molecule has 2 atom stereocenters. The van der Waals surface area contributed by atoms with E-state index in [0.717, 1.165) is 34.8 Å². The van der Waals surface area contributed by atoms with Crippen molar-refractivity contribution in [2.24, 2.45) is 7.05 Å². The fraction of sp³-hybridized carbons (Fsp3) is 0.588. The van der Waals surface area contributed by atoms with E-state index in [1.165, 1.54) is 12.8 Å². The summed E-state index contributed by atoms with van der Waals surface area (Å²) < 4.78 is 1.84. The molecular formula is C17H25N5OS. The summed E-state index contributed by atoms with van der Waals surface area (Å²) in [6.07, 6.45) is 3.43. The zero-order valence-electron chi connectivity index (χ0n) is 14.7. The van der Waals surface area contributed by atoms with Crippen LogP contribution in [0, 0.1) is 13.8 Å². The van der Waals surface area contributed by atoms with Gasteiger partial charge in [0.05, 0.1) is 11.4 Å². The number of amides is 1. The van der Waals surface area contributed by atoms with Crippen LogP contribution in [0.15, 0.2) is 6.07 Å². The van der Waals surface area contributed by atoms with E-state index in [4.69, 9.17) is 0 Å². The molecular weight excluding hydrogens is 322 g/mol. The Labute approximate surface area is 146 Å². The number of hydrogen-bond acceptors (Lipinski definition) is 4. The Bertz CT molecular complexity index is 735. The fourth-order valence-electron chi connectivity index (χ4n) is 3.46. The summed E-state index contributed by atoms with van der Waals surface area (Å²) >= 11 is 1.94. The van der Waals surface area contributed by atoms with Crippen LogP contribution in [0.2, 0.25) is 0 Å². The van der Waals surface area contributed by atoms with Crippen LogP contribution in [0.3, 0.4) is 0 Å². The van der Waals surface area contributed by atoms with Gasteiger partial charge < -0.3 is 5.32 Å². The normalized spacial score (nSPS) is 20.5. The molecule has 24 heavy (non-hydrogen) atoms. The van der Waals surface area contributed by atoms with Gasteiger partial charge in [0.2, 0.25) is 0 Å². The number of nitrogens with zero attached hydrogens (tertiary/aromatic N) is 3. The van der Waals surface area contributed by atoms with E-state index < -0.39 is 0 Å². The lowest BCUT2D eigenvalue weighted by atomic mass is 10.1. The molecule has 7 heteroatoms. The van der Waals surface area contributed by atoms with Gasteiger partial charge in [0, 0.05) is 29.6 Å². The minimum Gasteiger partial charge on any atom is -0.347 e. The number of nitrogens with one attached hydrogen (secondary N) is 2. The van der Waals surface area contributed by atoms with Gasteiger partial charge in [-0.05, 0) is 38.5 Å². The summed E-state index contributed by atoms with van der Waals surface area (Å²) in [6, 6.07) is 2.08.